The predicted octanol–water partition coefficient (Wildman–Crippen LogP) is 2.10. The van der Waals surface area contributed by atoms with E-state index in [0.29, 0.717) is 28.4 Å². The van der Waals surface area contributed by atoms with Gasteiger partial charge >= 0.3 is 0 Å². The molecule has 3 rings (SSSR count). The fourth-order valence-corrected chi connectivity index (χ4v) is 2.26. The van der Waals surface area contributed by atoms with Gasteiger partial charge in [-0.2, -0.15) is 5.10 Å². The Bertz CT molecular complexity index is 964. The third-order valence-corrected chi connectivity index (χ3v) is 3.52. The van der Waals surface area contributed by atoms with Gasteiger partial charge in [-0.25, -0.2) is 5.43 Å². The van der Waals surface area contributed by atoms with Crippen molar-refractivity contribution in [2.45, 2.75) is 0 Å². The van der Waals surface area contributed by atoms with Crippen LogP contribution in [0.25, 0.3) is 0 Å². The molecule has 136 valence electrons. The molecular formula is C18H13N3O6. The van der Waals surface area contributed by atoms with Gasteiger partial charge in [0.25, 0.3) is 11.6 Å². The Hall–Kier alpha value is -4.06. The van der Waals surface area contributed by atoms with Crippen molar-refractivity contribution in [3.63, 3.8) is 0 Å². The molecule has 0 fully saturated rings. The van der Waals surface area contributed by atoms with Gasteiger partial charge in [-0.1, -0.05) is 5.92 Å². The first-order chi connectivity index (χ1) is 13.1. The quantitative estimate of drug-likeness (QED) is 0.362. The van der Waals surface area contributed by atoms with Crippen LogP contribution in [0, 0.1) is 22.5 Å². The fraction of sp³-hybridized carbons (Fsp3) is 0.111. The zero-order valence-electron chi connectivity index (χ0n) is 13.9. The third-order valence-electron chi connectivity index (χ3n) is 3.52. The van der Waals surface area contributed by atoms with Crippen LogP contribution in [0.15, 0.2) is 41.5 Å². The molecule has 0 saturated carbocycles. The van der Waals surface area contributed by atoms with Gasteiger partial charge < -0.3 is 14.2 Å². The molecule has 1 heterocycles. The Morgan fingerprint density at radius 1 is 1.33 bits per heavy atom. The predicted molar refractivity (Wildman–Crippen MR) is 95.0 cm³/mol. The van der Waals surface area contributed by atoms with Gasteiger partial charge in [-0.05, 0) is 24.3 Å². The smallest absolute Gasteiger partial charge is 0.271 e. The second-order valence-electron chi connectivity index (χ2n) is 5.24. The van der Waals surface area contributed by atoms with Crippen molar-refractivity contribution >= 4 is 17.8 Å². The van der Waals surface area contributed by atoms with E-state index in [9.17, 15) is 14.9 Å². The van der Waals surface area contributed by atoms with Crippen LogP contribution < -0.4 is 19.6 Å². The van der Waals surface area contributed by atoms with E-state index in [4.69, 9.17) is 20.6 Å². The Morgan fingerprint density at radius 2 is 2.15 bits per heavy atom. The Balaban J connectivity index is 1.74. The van der Waals surface area contributed by atoms with Crippen LogP contribution >= 0.6 is 0 Å². The normalized spacial score (nSPS) is 11.8. The largest absolute Gasteiger partial charge is 0.480 e. The first kappa shape index (κ1) is 17.8. The number of hydrogen-bond donors (Lipinski definition) is 1. The van der Waals surface area contributed by atoms with Gasteiger partial charge in [0.15, 0.2) is 11.5 Å². The number of nitrogens with zero attached hydrogens (tertiary/aromatic N) is 2. The van der Waals surface area contributed by atoms with E-state index in [-0.39, 0.29) is 19.1 Å². The SMILES string of the molecule is C#CCOc1ccc([N+](=O)[O-])cc1/C=N\NC(=O)c1ccc2c(c1)OCO2. The van der Waals surface area contributed by atoms with Gasteiger partial charge in [0.2, 0.25) is 6.79 Å². The van der Waals surface area contributed by atoms with Crippen molar-refractivity contribution < 1.29 is 23.9 Å². The van der Waals surface area contributed by atoms with Gasteiger partial charge in [-0.15, -0.1) is 6.42 Å². The van der Waals surface area contributed by atoms with Crippen molar-refractivity contribution in [2.24, 2.45) is 5.10 Å². The first-order valence-electron chi connectivity index (χ1n) is 7.66. The summed E-state index contributed by atoms with van der Waals surface area (Å²) in [5.41, 5.74) is 2.81. The molecule has 2 aromatic carbocycles. The molecule has 27 heavy (non-hydrogen) atoms. The Kier molecular flexibility index (Phi) is 5.18. The topological polar surface area (TPSA) is 112 Å². The maximum Gasteiger partial charge on any atom is 0.271 e. The number of benzene rings is 2. The zero-order chi connectivity index (χ0) is 19.2. The molecule has 0 bridgehead atoms. The van der Waals surface area contributed by atoms with Crippen molar-refractivity contribution in [3.8, 4) is 29.6 Å². The summed E-state index contributed by atoms with van der Waals surface area (Å²) in [5, 5.41) is 14.8. The Morgan fingerprint density at radius 3 is 2.93 bits per heavy atom. The summed E-state index contributed by atoms with van der Waals surface area (Å²) in [6.07, 6.45) is 6.39. The van der Waals surface area contributed by atoms with E-state index in [0.717, 1.165) is 0 Å². The molecule has 1 N–H and O–H groups in total. The van der Waals surface area contributed by atoms with Crippen LogP contribution in [0.5, 0.6) is 17.2 Å². The van der Waals surface area contributed by atoms with Crippen molar-refractivity contribution in [3.05, 3.63) is 57.6 Å². The lowest BCUT2D eigenvalue weighted by molar-refractivity contribution is -0.384. The van der Waals surface area contributed by atoms with E-state index in [2.05, 4.69) is 16.4 Å². The molecule has 1 aliphatic rings. The summed E-state index contributed by atoms with van der Waals surface area (Å²) in [6.45, 7) is 0.0913. The Labute approximate surface area is 153 Å². The standard InChI is InChI=1S/C18H13N3O6/c1-2-7-25-15-6-4-14(21(23)24)8-13(15)10-19-20-18(22)12-3-5-16-17(9-12)27-11-26-16/h1,3-6,8-10H,7,11H2,(H,20,22)/b19-10-. The molecule has 9 heteroatoms. The fourth-order valence-electron chi connectivity index (χ4n) is 2.26. The molecule has 2 aromatic rings. The van der Waals surface area contributed by atoms with Crippen molar-refractivity contribution in [1.29, 1.82) is 0 Å². The van der Waals surface area contributed by atoms with Gasteiger partial charge in [0, 0.05) is 23.3 Å². The number of fused-ring (bicyclic) bond motifs is 1. The average Bonchev–Trinajstić information content (AvgIpc) is 3.14. The summed E-state index contributed by atoms with van der Waals surface area (Å²) in [5.74, 6) is 3.15. The molecule has 0 aliphatic carbocycles. The molecule has 0 atom stereocenters. The summed E-state index contributed by atoms with van der Waals surface area (Å²) in [4.78, 5) is 22.6. The molecule has 0 unspecified atom stereocenters. The van der Waals surface area contributed by atoms with Crippen molar-refractivity contribution in [2.75, 3.05) is 13.4 Å². The number of hydrogen-bond acceptors (Lipinski definition) is 7. The maximum atomic E-state index is 12.2. The zero-order valence-corrected chi connectivity index (χ0v) is 13.9. The van der Waals surface area contributed by atoms with Gasteiger partial charge in [0.1, 0.15) is 12.4 Å². The van der Waals surface area contributed by atoms with E-state index in [1.165, 1.54) is 30.5 Å². The van der Waals surface area contributed by atoms with Crippen LogP contribution in [0.1, 0.15) is 15.9 Å². The highest BCUT2D eigenvalue weighted by molar-refractivity contribution is 5.95. The molecule has 1 amide bonds. The van der Waals surface area contributed by atoms with Crippen LogP contribution in [-0.2, 0) is 0 Å². The van der Waals surface area contributed by atoms with E-state index in [1.54, 1.807) is 12.1 Å². The minimum Gasteiger partial charge on any atom is -0.480 e. The van der Waals surface area contributed by atoms with Crippen LogP contribution in [0.4, 0.5) is 5.69 Å². The minimum atomic E-state index is -0.548. The summed E-state index contributed by atoms with van der Waals surface area (Å²) in [6, 6.07) is 8.68. The number of non-ortho nitro benzene ring substituents is 1. The molecule has 1 aliphatic heterocycles. The van der Waals surface area contributed by atoms with Crippen LogP contribution in [0.3, 0.4) is 0 Å². The molecule has 9 nitrogen and oxygen atoms in total. The van der Waals surface area contributed by atoms with Gasteiger partial charge in [-0.3, -0.25) is 14.9 Å². The van der Waals surface area contributed by atoms with Crippen LogP contribution in [-0.4, -0.2) is 30.4 Å². The van der Waals surface area contributed by atoms with E-state index < -0.39 is 10.8 Å². The number of hydrazone groups is 1. The first-order valence-corrected chi connectivity index (χ1v) is 7.66. The molecule has 0 saturated heterocycles. The highest BCUT2D eigenvalue weighted by Crippen LogP contribution is 2.32. The summed E-state index contributed by atoms with van der Waals surface area (Å²) in [7, 11) is 0. The van der Waals surface area contributed by atoms with E-state index in [1.807, 2.05) is 0 Å². The lowest BCUT2D eigenvalue weighted by Gasteiger charge is -2.06. The molecule has 0 radical (unpaired) electrons. The number of terminal acetylenes is 1. The lowest BCUT2D eigenvalue weighted by Crippen LogP contribution is -2.17. The lowest BCUT2D eigenvalue weighted by atomic mass is 10.2. The average molecular weight is 367 g/mol. The summed E-state index contributed by atoms with van der Waals surface area (Å²) >= 11 is 0. The second-order valence-corrected chi connectivity index (χ2v) is 5.24. The monoisotopic (exact) mass is 367 g/mol. The molecule has 0 aromatic heterocycles. The number of carbonyl (C=O) groups excluding carboxylic acids is 1. The van der Waals surface area contributed by atoms with Gasteiger partial charge in [0.05, 0.1) is 11.1 Å². The highest BCUT2D eigenvalue weighted by atomic mass is 16.7. The summed E-state index contributed by atoms with van der Waals surface area (Å²) < 4.78 is 15.7. The van der Waals surface area contributed by atoms with E-state index >= 15 is 0 Å². The minimum absolute atomic E-state index is 0.0117. The highest BCUT2D eigenvalue weighted by Gasteiger charge is 2.16. The second kappa shape index (κ2) is 7.88. The van der Waals surface area contributed by atoms with Crippen LogP contribution in [0.2, 0.25) is 0 Å². The number of amides is 1. The van der Waals surface area contributed by atoms with Crippen molar-refractivity contribution in [1.82, 2.24) is 5.43 Å². The number of nitro groups is 1. The maximum absolute atomic E-state index is 12.2. The number of rotatable bonds is 6. The number of ether oxygens (including phenoxy) is 3. The number of carbonyl (C=O) groups is 1. The third kappa shape index (κ3) is 4.13. The molecular weight excluding hydrogens is 354 g/mol. The number of nitrogens with one attached hydrogen (secondary N) is 1. The molecule has 0 spiro atoms. The number of nitro benzene ring substituents is 1.